The fraction of sp³-hybridized carbons (Fsp3) is 0.429. The number of carbonyl (C=O) groups excluding carboxylic acids is 2. The van der Waals surface area contributed by atoms with E-state index in [1.165, 1.54) is 0 Å². The largest absolute Gasteiger partial charge is 0.304 e. The van der Waals surface area contributed by atoms with Crippen LogP contribution in [0.15, 0.2) is 18.2 Å². The van der Waals surface area contributed by atoms with Crippen molar-refractivity contribution in [1.29, 1.82) is 0 Å². The lowest BCUT2D eigenvalue weighted by molar-refractivity contribution is -0.114. The first kappa shape index (κ1) is 11.8. The molecule has 0 aliphatic carbocycles. The van der Waals surface area contributed by atoms with E-state index in [2.05, 4.69) is 13.8 Å². The summed E-state index contributed by atoms with van der Waals surface area (Å²) in [5.74, 6) is -0.348. The molecule has 1 atom stereocenters. The van der Waals surface area contributed by atoms with Crippen LogP contribution in [-0.2, 0) is 4.79 Å². The van der Waals surface area contributed by atoms with Crippen molar-refractivity contribution in [3.63, 3.8) is 0 Å². The van der Waals surface area contributed by atoms with Gasteiger partial charge in [0.1, 0.15) is 0 Å². The summed E-state index contributed by atoms with van der Waals surface area (Å²) in [6, 6.07) is 5.50. The van der Waals surface area contributed by atoms with E-state index in [1.54, 1.807) is 11.0 Å². The number of hydrogen-bond donors (Lipinski definition) is 0. The first-order valence-electron chi connectivity index (χ1n) is 6.02. The molecule has 0 saturated heterocycles. The molecule has 1 unspecified atom stereocenters. The van der Waals surface area contributed by atoms with E-state index < -0.39 is 0 Å². The Labute approximate surface area is 101 Å². The maximum absolute atomic E-state index is 11.9. The van der Waals surface area contributed by atoms with Gasteiger partial charge in [-0.05, 0) is 24.5 Å². The number of fused-ring (bicyclic) bond motifs is 1. The Bertz CT molecular complexity index is 479. The van der Waals surface area contributed by atoms with Crippen LogP contribution in [0, 0.1) is 12.8 Å². The van der Waals surface area contributed by atoms with Crippen molar-refractivity contribution in [2.24, 2.45) is 5.92 Å². The first-order chi connectivity index (χ1) is 8.06. The van der Waals surface area contributed by atoms with Gasteiger partial charge in [-0.3, -0.25) is 9.59 Å². The third kappa shape index (κ3) is 1.86. The van der Waals surface area contributed by atoms with Gasteiger partial charge in [0.2, 0.25) is 0 Å². The average molecular weight is 231 g/mol. The minimum atomic E-state index is -0.380. The number of hydrogen-bond acceptors (Lipinski definition) is 2. The van der Waals surface area contributed by atoms with Gasteiger partial charge in [-0.1, -0.05) is 32.4 Å². The highest BCUT2D eigenvalue weighted by Crippen LogP contribution is 2.32. The lowest BCUT2D eigenvalue weighted by Crippen LogP contribution is -2.33. The van der Waals surface area contributed by atoms with Crippen molar-refractivity contribution in [2.75, 3.05) is 11.4 Å². The van der Waals surface area contributed by atoms with Crippen LogP contribution >= 0.6 is 0 Å². The zero-order chi connectivity index (χ0) is 12.6. The average Bonchev–Trinajstić information content (AvgIpc) is 2.56. The summed E-state index contributed by atoms with van der Waals surface area (Å²) in [6.45, 7) is 6.74. The maximum atomic E-state index is 11.9. The highest BCUT2D eigenvalue weighted by Gasteiger charge is 2.36. The Kier molecular flexibility index (Phi) is 3.01. The Morgan fingerprint density at radius 3 is 2.65 bits per heavy atom. The van der Waals surface area contributed by atoms with E-state index >= 15 is 0 Å². The number of carbonyl (C=O) groups is 2. The van der Waals surface area contributed by atoms with Crippen molar-refractivity contribution in [1.82, 2.24) is 0 Å². The van der Waals surface area contributed by atoms with Crippen molar-refractivity contribution >= 4 is 17.4 Å². The van der Waals surface area contributed by atoms with Gasteiger partial charge in [-0.15, -0.1) is 0 Å². The highest BCUT2D eigenvalue weighted by atomic mass is 16.2. The number of aryl methyl sites for hydroxylation is 1. The van der Waals surface area contributed by atoms with Gasteiger partial charge in [0.15, 0.2) is 0 Å². The Hall–Kier alpha value is -1.64. The number of benzene rings is 1. The second-order valence-corrected chi connectivity index (χ2v) is 4.73. The summed E-state index contributed by atoms with van der Waals surface area (Å²) in [4.78, 5) is 25.4. The SMILES string of the molecule is CCC(C)CN1C(=O)C(=O)c2cccc(C)c21. The van der Waals surface area contributed by atoms with Crippen molar-refractivity contribution in [3.8, 4) is 0 Å². The molecule has 90 valence electrons. The van der Waals surface area contributed by atoms with Crippen LogP contribution in [0.5, 0.6) is 0 Å². The number of para-hydroxylation sites is 1. The highest BCUT2D eigenvalue weighted by molar-refractivity contribution is 6.52. The molecule has 17 heavy (non-hydrogen) atoms. The molecule has 3 heteroatoms. The van der Waals surface area contributed by atoms with Gasteiger partial charge in [0.25, 0.3) is 11.7 Å². The number of ketones is 1. The summed E-state index contributed by atoms with van der Waals surface area (Å²) in [5, 5.41) is 0. The Morgan fingerprint density at radius 1 is 1.29 bits per heavy atom. The third-order valence-electron chi connectivity index (χ3n) is 3.38. The van der Waals surface area contributed by atoms with E-state index in [0.29, 0.717) is 18.0 Å². The molecule has 0 spiro atoms. The van der Waals surface area contributed by atoms with Crippen LogP contribution in [0.4, 0.5) is 5.69 Å². The van der Waals surface area contributed by atoms with E-state index in [1.807, 2.05) is 19.1 Å². The molecule has 0 bridgehead atoms. The number of anilines is 1. The standard InChI is InChI=1S/C14H17NO2/c1-4-9(2)8-15-12-10(3)6-5-7-11(12)13(16)14(15)17/h5-7,9H,4,8H2,1-3H3. The predicted molar refractivity (Wildman–Crippen MR) is 67.3 cm³/mol. The predicted octanol–water partition coefficient (Wildman–Crippen LogP) is 2.57. The number of Topliss-reactive ketones (excluding diaryl/α,β-unsaturated/α-hetero) is 1. The summed E-state index contributed by atoms with van der Waals surface area (Å²) in [6.07, 6.45) is 0.999. The first-order valence-corrected chi connectivity index (χ1v) is 6.02. The normalized spacial score (nSPS) is 16.3. The third-order valence-corrected chi connectivity index (χ3v) is 3.38. The van der Waals surface area contributed by atoms with Crippen LogP contribution in [-0.4, -0.2) is 18.2 Å². The Balaban J connectivity index is 2.43. The van der Waals surface area contributed by atoms with E-state index in [4.69, 9.17) is 0 Å². The number of nitrogens with zero attached hydrogens (tertiary/aromatic N) is 1. The molecular formula is C14H17NO2. The molecular weight excluding hydrogens is 214 g/mol. The molecule has 0 fully saturated rings. The zero-order valence-electron chi connectivity index (χ0n) is 10.5. The molecule has 1 aliphatic rings. The molecule has 0 saturated carbocycles. The summed E-state index contributed by atoms with van der Waals surface area (Å²) in [7, 11) is 0. The zero-order valence-corrected chi connectivity index (χ0v) is 10.5. The smallest absolute Gasteiger partial charge is 0.299 e. The monoisotopic (exact) mass is 231 g/mol. The van der Waals surface area contributed by atoms with Gasteiger partial charge in [0, 0.05) is 6.54 Å². The van der Waals surface area contributed by atoms with Crippen LogP contribution in [0.25, 0.3) is 0 Å². The van der Waals surface area contributed by atoms with Gasteiger partial charge >= 0.3 is 0 Å². The summed E-state index contributed by atoms with van der Waals surface area (Å²) < 4.78 is 0. The molecule has 3 nitrogen and oxygen atoms in total. The van der Waals surface area contributed by atoms with Crippen LogP contribution in [0.2, 0.25) is 0 Å². The summed E-state index contributed by atoms with van der Waals surface area (Å²) in [5.41, 5.74) is 2.35. The molecule has 2 rings (SSSR count). The van der Waals surface area contributed by atoms with E-state index in [-0.39, 0.29) is 11.7 Å². The van der Waals surface area contributed by atoms with Gasteiger partial charge in [0.05, 0.1) is 11.3 Å². The fourth-order valence-corrected chi connectivity index (χ4v) is 2.15. The van der Waals surface area contributed by atoms with Crippen LogP contribution < -0.4 is 4.90 Å². The van der Waals surface area contributed by atoms with Gasteiger partial charge < -0.3 is 4.90 Å². The molecule has 1 heterocycles. The van der Waals surface area contributed by atoms with Crippen molar-refractivity contribution in [3.05, 3.63) is 29.3 Å². The molecule has 1 aromatic carbocycles. The van der Waals surface area contributed by atoms with Crippen molar-refractivity contribution < 1.29 is 9.59 Å². The molecule has 1 aliphatic heterocycles. The lowest BCUT2D eigenvalue weighted by atomic mass is 10.1. The second kappa shape index (κ2) is 4.32. The number of amides is 1. The quantitative estimate of drug-likeness (QED) is 0.750. The molecule has 0 N–H and O–H groups in total. The molecule has 0 radical (unpaired) electrons. The molecule has 1 amide bonds. The second-order valence-electron chi connectivity index (χ2n) is 4.73. The van der Waals surface area contributed by atoms with Gasteiger partial charge in [-0.2, -0.15) is 0 Å². The van der Waals surface area contributed by atoms with E-state index in [0.717, 1.165) is 17.7 Å². The maximum Gasteiger partial charge on any atom is 0.299 e. The molecule has 0 aromatic heterocycles. The lowest BCUT2D eigenvalue weighted by Gasteiger charge is -2.21. The van der Waals surface area contributed by atoms with Crippen molar-refractivity contribution in [2.45, 2.75) is 27.2 Å². The number of rotatable bonds is 3. The topological polar surface area (TPSA) is 37.4 Å². The van der Waals surface area contributed by atoms with Crippen LogP contribution in [0.3, 0.4) is 0 Å². The fourth-order valence-electron chi connectivity index (χ4n) is 2.15. The molecule has 1 aromatic rings. The minimum absolute atomic E-state index is 0.369. The Morgan fingerprint density at radius 2 is 2.00 bits per heavy atom. The van der Waals surface area contributed by atoms with Gasteiger partial charge in [-0.25, -0.2) is 0 Å². The summed E-state index contributed by atoms with van der Waals surface area (Å²) >= 11 is 0. The van der Waals surface area contributed by atoms with E-state index in [9.17, 15) is 9.59 Å². The minimum Gasteiger partial charge on any atom is -0.304 e. The van der Waals surface area contributed by atoms with Crippen LogP contribution in [0.1, 0.15) is 36.2 Å².